The maximum Gasteiger partial charge on any atom is 0.214 e. The second-order valence-corrected chi connectivity index (χ2v) is 7.10. The number of hydrogen-bond acceptors (Lipinski definition) is 2. The minimum absolute atomic E-state index is 0.376. The fourth-order valence-corrected chi connectivity index (χ4v) is 4.40. The van der Waals surface area contributed by atoms with Crippen LogP contribution < -0.4 is 0 Å². The molecule has 0 spiro atoms. The van der Waals surface area contributed by atoms with Crippen molar-refractivity contribution in [3.63, 3.8) is 0 Å². The molecular weight excluding hydrogens is 234 g/mol. The molecule has 88 valence electrons. The van der Waals surface area contributed by atoms with E-state index in [-0.39, 0.29) is 0 Å². The monoisotopic (exact) mass is 251 g/mol. The van der Waals surface area contributed by atoms with E-state index in [2.05, 4.69) is 0 Å². The van der Waals surface area contributed by atoms with Crippen molar-refractivity contribution in [2.45, 2.75) is 25.7 Å². The van der Waals surface area contributed by atoms with Crippen LogP contribution in [-0.4, -0.2) is 37.4 Å². The minimum atomic E-state index is -2.96. The highest BCUT2D eigenvalue weighted by Crippen LogP contribution is 2.32. The third kappa shape index (κ3) is 3.08. The number of alkyl halides is 1. The second-order valence-electron chi connectivity index (χ2n) is 4.71. The van der Waals surface area contributed by atoms with Crippen molar-refractivity contribution in [3.05, 3.63) is 0 Å². The van der Waals surface area contributed by atoms with Crippen LogP contribution in [-0.2, 0) is 10.0 Å². The molecule has 0 bridgehead atoms. The lowest BCUT2D eigenvalue weighted by Crippen LogP contribution is -2.31. The smallest absolute Gasteiger partial charge is 0.212 e. The number of halogens is 1. The summed E-state index contributed by atoms with van der Waals surface area (Å²) in [5, 5.41) is 0. The van der Waals surface area contributed by atoms with E-state index in [1.54, 1.807) is 4.31 Å². The van der Waals surface area contributed by atoms with Crippen LogP contribution in [0.25, 0.3) is 0 Å². The Labute approximate surface area is 96.8 Å². The van der Waals surface area contributed by atoms with Gasteiger partial charge in [0.2, 0.25) is 10.0 Å². The van der Waals surface area contributed by atoms with Gasteiger partial charge in [-0.15, -0.1) is 11.6 Å². The molecule has 1 unspecified atom stereocenters. The topological polar surface area (TPSA) is 37.4 Å². The zero-order chi connectivity index (χ0) is 10.9. The summed E-state index contributed by atoms with van der Waals surface area (Å²) in [6, 6.07) is 0. The Balaban J connectivity index is 1.88. The van der Waals surface area contributed by atoms with Gasteiger partial charge in [-0.25, -0.2) is 12.7 Å². The largest absolute Gasteiger partial charge is 0.214 e. The molecule has 1 atom stereocenters. The Hall–Kier alpha value is 0.200. The van der Waals surface area contributed by atoms with E-state index in [4.69, 9.17) is 11.6 Å². The average molecular weight is 252 g/mol. The summed E-state index contributed by atoms with van der Waals surface area (Å²) in [5.41, 5.74) is 0. The Morgan fingerprint density at radius 1 is 1.20 bits per heavy atom. The molecule has 2 fully saturated rings. The van der Waals surface area contributed by atoms with Crippen molar-refractivity contribution in [2.75, 3.05) is 24.7 Å². The predicted octanol–water partition coefficient (Wildman–Crippen LogP) is 1.68. The second kappa shape index (κ2) is 4.60. The van der Waals surface area contributed by atoms with E-state index in [1.165, 1.54) is 0 Å². The third-order valence-electron chi connectivity index (χ3n) is 3.30. The number of nitrogens with zero attached hydrogens (tertiary/aromatic N) is 1. The number of rotatable bonds is 5. The highest BCUT2D eigenvalue weighted by atomic mass is 35.5. The zero-order valence-electron chi connectivity index (χ0n) is 8.86. The van der Waals surface area contributed by atoms with Crippen LogP contribution in [0.15, 0.2) is 0 Å². The van der Waals surface area contributed by atoms with Crippen molar-refractivity contribution < 1.29 is 8.42 Å². The fourth-order valence-electron chi connectivity index (χ4n) is 2.13. The van der Waals surface area contributed by atoms with E-state index in [1.807, 2.05) is 0 Å². The van der Waals surface area contributed by atoms with Crippen molar-refractivity contribution in [1.29, 1.82) is 0 Å². The van der Waals surface area contributed by atoms with E-state index < -0.39 is 10.0 Å². The lowest BCUT2D eigenvalue weighted by atomic mass is 10.1. The SMILES string of the molecule is O=S(=O)(CC1CC1)N1CCC(CCCl)C1. The zero-order valence-corrected chi connectivity index (χ0v) is 10.4. The number of sulfonamides is 1. The van der Waals surface area contributed by atoms with Crippen molar-refractivity contribution in [1.82, 2.24) is 4.31 Å². The first-order valence-corrected chi connectivity index (χ1v) is 7.80. The molecular formula is C10H18ClNO2S. The molecule has 0 amide bonds. The van der Waals surface area contributed by atoms with Crippen LogP contribution in [0.4, 0.5) is 0 Å². The molecule has 2 rings (SSSR count). The van der Waals surface area contributed by atoms with Gasteiger partial charge in [-0.05, 0) is 37.5 Å². The van der Waals surface area contributed by atoms with Gasteiger partial charge < -0.3 is 0 Å². The Morgan fingerprint density at radius 3 is 2.53 bits per heavy atom. The van der Waals surface area contributed by atoms with Crippen LogP contribution in [0.5, 0.6) is 0 Å². The summed E-state index contributed by atoms with van der Waals surface area (Å²) in [7, 11) is -2.96. The Morgan fingerprint density at radius 2 is 1.93 bits per heavy atom. The summed E-state index contributed by atoms with van der Waals surface area (Å²) < 4.78 is 25.5. The van der Waals surface area contributed by atoms with E-state index >= 15 is 0 Å². The first-order chi connectivity index (χ1) is 7.12. The molecule has 1 aliphatic heterocycles. The fraction of sp³-hybridized carbons (Fsp3) is 1.00. The molecule has 0 aromatic heterocycles. The van der Waals surface area contributed by atoms with Gasteiger partial charge in [-0.3, -0.25) is 0 Å². The first kappa shape index (κ1) is 11.7. The van der Waals surface area contributed by atoms with Crippen LogP contribution in [0.3, 0.4) is 0 Å². The summed E-state index contributed by atoms with van der Waals surface area (Å²) in [4.78, 5) is 0. The van der Waals surface area contributed by atoms with Crippen LogP contribution in [0, 0.1) is 11.8 Å². The molecule has 0 aromatic rings. The third-order valence-corrected chi connectivity index (χ3v) is 5.53. The summed E-state index contributed by atoms with van der Waals surface area (Å²) in [5.74, 6) is 1.94. The minimum Gasteiger partial charge on any atom is -0.212 e. The standard InChI is InChI=1S/C10H18ClNO2S/c11-5-3-9-4-6-12(7-9)15(13,14)8-10-1-2-10/h9-10H,1-8H2. The summed E-state index contributed by atoms with van der Waals surface area (Å²) in [6.45, 7) is 1.40. The van der Waals surface area contributed by atoms with E-state index in [9.17, 15) is 8.42 Å². The van der Waals surface area contributed by atoms with Crippen molar-refractivity contribution in [2.24, 2.45) is 11.8 Å². The Bertz CT molecular complexity index is 313. The van der Waals surface area contributed by atoms with Crippen LogP contribution in [0.2, 0.25) is 0 Å². The van der Waals surface area contributed by atoms with E-state index in [0.29, 0.717) is 36.6 Å². The number of hydrogen-bond donors (Lipinski definition) is 0. The summed E-state index contributed by atoms with van der Waals surface area (Å²) in [6.07, 6.45) is 4.12. The van der Waals surface area contributed by atoms with Gasteiger partial charge in [0.1, 0.15) is 0 Å². The van der Waals surface area contributed by atoms with Gasteiger partial charge in [-0.2, -0.15) is 0 Å². The van der Waals surface area contributed by atoms with Gasteiger partial charge >= 0.3 is 0 Å². The molecule has 0 N–H and O–H groups in total. The lowest BCUT2D eigenvalue weighted by Gasteiger charge is -2.16. The van der Waals surface area contributed by atoms with Gasteiger partial charge in [0.15, 0.2) is 0 Å². The van der Waals surface area contributed by atoms with Gasteiger partial charge in [0.25, 0.3) is 0 Å². The van der Waals surface area contributed by atoms with E-state index in [0.717, 1.165) is 25.7 Å². The normalized spacial score (nSPS) is 28.5. The molecule has 1 saturated carbocycles. The van der Waals surface area contributed by atoms with Gasteiger partial charge in [0.05, 0.1) is 5.75 Å². The van der Waals surface area contributed by atoms with Crippen molar-refractivity contribution in [3.8, 4) is 0 Å². The highest BCUT2D eigenvalue weighted by molar-refractivity contribution is 7.89. The molecule has 1 aliphatic carbocycles. The van der Waals surface area contributed by atoms with Gasteiger partial charge in [0, 0.05) is 19.0 Å². The molecule has 15 heavy (non-hydrogen) atoms. The molecule has 2 aliphatic rings. The predicted molar refractivity (Wildman–Crippen MR) is 61.5 cm³/mol. The summed E-state index contributed by atoms with van der Waals surface area (Å²) >= 11 is 5.67. The molecule has 0 radical (unpaired) electrons. The Kier molecular flexibility index (Phi) is 3.58. The van der Waals surface area contributed by atoms with Crippen molar-refractivity contribution >= 4 is 21.6 Å². The maximum absolute atomic E-state index is 11.9. The molecule has 0 aromatic carbocycles. The average Bonchev–Trinajstić information content (AvgIpc) is 2.82. The van der Waals surface area contributed by atoms with Crippen LogP contribution in [0.1, 0.15) is 25.7 Å². The lowest BCUT2D eigenvalue weighted by molar-refractivity contribution is 0.451. The quantitative estimate of drug-likeness (QED) is 0.698. The molecule has 1 heterocycles. The first-order valence-electron chi connectivity index (χ1n) is 5.65. The maximum atomic E-state index is 11.9. The highest BCUT2D eigenvalue weighted by Gasteiger charge is 2.35. The van der Waals surface area contributed by atoms with Crippen LogP contribution >= 0.6 is 11.6 Å². The molecule has 3 nitrogen and oxygen atoms in total. The van der Waals surface area contributed by atoms with Gasteiger partial charge in [-0.1, -0.05) is 0 Å². The molecule has 5 heteroatoms. The molecule has 1 saturated heterocycles.